The lowest BCUT2D eigenvalue weighted by atomic mass is 10.0. The highest BCUT2D eigenvalue weighted by Crippen LogP contribution is 2.40. The normalized spacial score (nSPS) is 24.7. The summed E-state index contributed by atoms with van der Waals surface area (Å²) in [6.07, 6.45) is 3.10. The van der Waals surface area contributed by atoms with Crippen LogP contribution < -0.4 is 4.74 Å². The maximum absolute atomic E-state index is 14.0. The minimum absolute atomic E-state index is 0.0345. The van der Waals surface area contributed by atoms with Crippen molar-refractivity contribution in [2.45, 2.75) is 25.9 Å². The van der Waals surface area contributed by atoms with E-state index in [4.69, 9.17) is 4.74 Å². The van der Waals surface area contributed by atoms with E-state index in [1.54, 1.807) is 12.1 Å². The quantitative estimate of drug-likeness (QED) is 0.819. The highest BCUT2D eigenvalue weighted by molar-refractivity contribution is 5.95. The summed E-state index contributed by atoms with van der Waals surface area (Å²) in [4.78, 5) is 18.5. The number of likely N-dealkylation sites (tertiary alicyclic amines) is 1. The van der Waals surface area contributed by atoms with Gasteiger partial charge in [0.15, 0.2) is 17.3 Å². The number of nitrogens with zero attached hydrogens (tertiary/aromatic N) is 2. The van der Waals surface area contributed by atoms with Gasteiger partial charge in [0.2, 0.25) is 0 Å². The number of aromatic hydroxyl groups is 1. The van der Waals surface area contributed by atoms with Crippen LogP contribution in [0.3, 0.4) is 0 Å². The topological polar surface area (TPSA) is 62.7 Å². The maximum atomic E-state index is 14.0. The number of aryl methyl sites for hydroxylation is 1. The van der Waals surface area contributed by atoms with Gasteiger partial charge in [0.05, 0.1) is 18.8 Å². The van der Waals surface area contributed by atoms with Gasteiger partial charge in [-0.25, -0.2) is 9.37 Å². The minimum atomic E-state index is -0.305. The second kappa shape index (κ2) is 7.27. The van der Waals surface area contributed by atoms with Crippen molar-refractivity contribution in [3.8, 4) is 11.5 Å². The van der Waals surface area contributed by atoms with Crippen molar-refractivity contribution in [3.05, 3.63) is 53.6 Å². The number of Topliss-reactive ketones (excluding diaryl/α,β-unsaturated/α-hetero) is 1. The van der Waals surface area contributed by atoms with Gasteiger partial charge in [0.25, 0.3) is 0 Å². The first-order chi connectivity index (χ1) is 13.0. The number of aromatic nitrogens is 1. The molecular formula is C21H23FN2O3. The molecule has 5 nitrogen and oxygen atoms in total. The minimum Gasteiger partial charge on any atom is -0.506 e. The van der Waals surface area contributed by atoms with Gasteiger partial charge in [-0.15, -0.1) is 0 Å². The van der Waals surface area contributed by atoms with Crippen LogP contribution in [0.1, 0.15) is 28.9 Å². The highest BCUT2D eigenvalue weighted by Gasteiger charge is 2.42. The largest absolute Gasteiger partial charge is 0.506 e. The fourth-order valence-electron chi connectivity index (χ4n) is 4.33. The maximum Gasteiger partial charge on any atom is 0.195 e. The molecule has 0 spiro atoms. The van der Waals surface area contributed by atoms with E-state index in [-0.39, 0.29) is 23.5 Å². The third kappa shape index (κ3) is 3.81. The van der Waals surface area contributed by atoms with Crippen molar-refractivity contribution in [2.24, 2.45) is 11.8 Å². The standard InChI is InChI=1S/C21H23FN2O3/c1-13-3-2-4-18(22)21(13)27-17-7-14-10-24(11-15(14)8-17)12-20(26)19-6-5-16(25)9-23-19/h2-6,9,14-15,17,25H,7-8,10-12H2,1H3/t14-,15+,17?. The number of fused-ring (bicyclic) bond motifs is 1. The smallest absolute Gasteiger partial charge is 0.195 e. The molecule has 2 heterocycles. The van der Waals surface area contributed by atoms with Gasteiger partial charge in [-0.3, -0.25) is 9.69 Å². The SMILES string of the molecule is Cc1cccc(F)c1OC1C[C@@H]2CN(CC(=O)c3ccc(O)cn3)C[C@@H]2C1. The van der Waals surface area contributed by atoms with Crippen molar-refractivity contribution in [1.29, 1.82) is 0 Å². The Morgan fingerprint density at radius 1 is 1.26 bits per heavy atom. The zero-order valence-electron chi connectivity index (χ0n) is 15.3. The summed E-state index contributed by atoms with van der Waals surface area (Å²) in [5.74, 6) is 1.03. The van der Waals surface area contributed by atoms with Crippen LogP contribution in [0.5, 0.6) is 11.5 Å². The van der Waals surface area contributed by atoms with E-state index in [1.165, 1.54) is 18.3 Å². The van der Waals surface area contributed by atoms with Crippen LogP contribution in [0.4, 0.5) is 4.39 Å². The Balaban J connectivity index is 1.32. The molecule has 0 radical (unpaired) electrons. The zero-order chi connectivity index (χ0) is 19.0. The second-order valence-electron chi connectivity index (χ2n) is 7.64. The summed E-state index contributed by atoms with van der Waals surface area (Å²) in [5.41, 5.74) is 1.20. The van der Waals surface area contributed by atoms with Crippen LogP contribution in [0.25, 0.3) is 0 Å². The molecule has 1 aromatic heterocycles. The third-order valence-electron chi connectivity index (χ3n) is 5.63. The lowest BCUT2D eigenvalue weighted by Gasteiger charge is -2.20. The monoisotopic (exact) mass is 370 g/mol. The van der Waals surface area contributed by atoms with Gasteiger partial charge in [-0.2, -0.15) is 0 Å². The first-order valence-corrected chi connectivity index (χ1v) is 9.32. The molecule has 2 aromatic rings. The molecule has 1 unspecified atom stereocenters. The van der Waals surface area contributed by atoms with Crippen LogP contribution in [0.15, 0.2) is 36.5 Å². The van der Waals surface area contributed by atoms with E-state index < -0.39 is 0 Å². The Morgan fingerprint density at radius 3 is 2.63 bits per heavy atom. The van der Waals surface area contributed by atoms with Crippen LogP contribution >= 0.6 is 0 Å². The van der Waals surface area contributed by atoms with Gasteiger partial charge in [0.1, 0.15) is 11.4 Å². The molecule has 142 valence electrons. The Bertz CT molecular complexity index is 806. The Labute approximate surface area is 157 Å². The number of hydrogen-bond donors (Lipinski definition) is 1. The van der Waals surface area contributed by atoms with Crippen LogP contribution in [0.2, 0.25) is 0 Å². The Kier molecular flexibility index (Phi) is 4.83. The molecule has 0 bridgehead atoms. The molecule has 1 saturated heterocycles. The van der Waals surface area contributed by atoms with Crippen LogP contribution in [0, 0.1) is 24.6 Å². The first kappa shape index (κ1) is 17.9. The van der Waals surface area contributed by atoms with Crippen molar-refractivity contribution in [2.75, 3.05) is 19.6 Å². The molecule has 6 heteroatoms. The number of carbonyl (C=O) groups excluding carboxylic acids is 1. The predicted molar refractivity (Wildman–Crippen MR) is 98.4 cm³/mol. The average molecular weight is 370 g/mol. The summed E-state index contributed by atoms with van der Waals surface area (Å²) >= 11 is 0. The Morgan fingerprint density at radius 2 is 2.00 bits per heavy atom. The van der Waals surface area contributed by atoms with Crippen LogP contribution in [-0.4, -0.2) is 46.5 Å². The highest BCUT2D eigenvalue weighted by atomic mass is 19.1. The average Bonchev–Trinajstić information content (AvgIpc) is 3.16. The summed E-state index contributed by atoms with van der Waals surface area (Å²) in [6.45, 7) is 3.90. The fourth-order valence-corrected chi connectivity index (χ4v) is 4.33. The zero-order valence-corrected chi connectivity index (χ0v) is 15.3. The van der Waals surface area contributed by atoms with Crippen molar-refractivity contribution >= 4 is 5.78 Å². The third-order valence-corrected chi connectivity index (χ3v) is 5.63. The summed E-state index contributed by atoms with van der Waals surface area (Å²) in [7, 11) is 0. The predicted octanol–water partition coefficient (Wildman–Crippen LogP) is 3.21. The number of benzene rings is 1. The lowest BCUT2D eigenvalue weighted by molar-refractivity contribution is 0.0931. The molecule has 1 aliphatic carbocycles. The molecule has 0 amide bonds. The molecule has 1 N–H and O–H groups in total. The molecule has 2 fully saturated rings. The number of halogens is 1. The molecule has 3 atom stereocenters. The van der Waals surface area contributed by atoms with E-state index in [1.807, 2.05) is 13.0 Å². The number of para-hydroxylation sites is 1. The van der Waals surface area contributed by atoms with E-state index in [0.717, 1.165) is 31.5 Å². The lowest BCUT2D eigenvalue weighted by Crippen LogP contribution is -2.30. The number of rotatable bonds is 5. The molecule has 4 rings (SSSR count). The van der Waals surface area contributed by atoms with Gasteiger partial charge >= 0.3 is 0 Å². The van der Waals surface area contributed by atoms with Crippen LogP contribution in [-0.2, 0) is 0 Å². The molecular weight excluding hydrogens is 347 g/mol. The number of ketones is 1. The second-order valence-corrected chi connectivity index (χ2v) is 7.64. The summed E-state index contributed by atoms with van der Waals surface area (Å²) in [5, 5.41) is 9.28. The van der Waals surface area contributed by atoms with E-state index in [9.17, 15) is 14.3 Å². The van der Waals surface area contributed by atoms with Gasteiger partial charge < -0.3 is 9.84 Å². The first-order valence-electron chi connectivity index (χ1n) is 9.32. The van der Waals surface area contributed by atoms with Gasteiger partial charge in [-0.05, 0) is 55.4 Å². The number of ether oxygens (including phenoxy) is 1. The van der Waals surface area contributed by atoms with Crippen molar-refractivity contribution in [3.63, 3.8) is 0 Å². The number of hydrogen-bond acceptors (Lipinski definition) is 5. The number of carbonyl (C=O) groups is 1. The van der Waals surface area contributed by atoms with E-state index in [2.05, 4.69) is 9.88 Å². The number of pyridine rings is 1. The summed E-state index contributed by atoms with van der Waals surface area (Å²) in [6, 6.07) is 8.02. The van der Waals surface area contributed by atoms with E-state index >= 15 is 0 Å². The van der Waals surface area contributed by atoms with Crippen molar-refractivity contribution < 1.29 is 19.0 Å². The van der Waals surface area contributed by atoms with Crippen molar-refractivity contribution in [1.82, 2.24) is 9.88 Å². The molecule has 1 saturated carbocycles. The fraction of sp³-hybridized carbons (Fsp3) is 0.429. The summed E-state index contributed by atoms with van der Waals surface area (Å²) < 4.78 is 20.0. The molecule has 1 aliphatic heterocycles. The Hall–Kier alpha value is -2.47. The van der Waals surface area contributed by atoms with Gasteiger partial charge in [0, 0.05) is 13.1 Å². The molecule has 2 aliphatic rings. The van der Waals surface area contributed by atoms with Gasteiger partial charge in [-0.1, -0.05) is 12.1 Å². The molecule has 1 aromatic carbocycles. The van der Waals surface area contributed by atoms with E-state index in [0.29, 0.717) is 29.8 Å². The molecule has 27 heavy (non-hydrogen) atoms.